The summed E-state index contributed by atoms with van der Waals surface area (Å²) in [7, 11) is 1.19. The third kappa shape index (κ3) is 7.15. The summed E-state index contributed by atoms with van der Waals surface area (Å²) in [6, 6.07) is 4.02. The van der Waals surface area contributed by atoms with Crippen LogP contribution in [0.15, 0.2) is 48.8 Å². The first-order valence-corrected chi connectivity index (χ1v) is 12.0. The molecule has 6 N–H and O–H groups in total. The van der Waals surface area contributed by atoms with E-state index in [1.165, 1.54) is 37.5 Å². The Morgan fingerprint density at radius 2 is 1.82 bits per heavy atom. The van der Waals surface area contributed by atoms with Gasteiger partial charge in [-0.1, -0.05) is 12.1 Å². The molecule has 0 aliphatic carbocycles. The van der Waals surface area contributed by atoms with Crippen molar-refractivity contribution in [2.75, 3.05) is 20.3 Å². The molecule has 1 aromatic rings. The van der Waals surface area contributed by atoms with Crippen molar-refractivity contribution in [3.8, 4) is 11.5 Å². The van der Waals surface area contributed by atoms with Crippen molar-refractivity contribution < 1.29 is 63.9 Å². The maximum atomic E-state index is 12.4. The van der Waals surface area contributed by atoms with E-state index in [1.54, 1.807) is 0 Å². The van der Waals surface area contributed by atoms with Crippen LogP contribution in [-0.2, 0) is 33.3 Å². The van der Waals surface area contributed by atoms with Gasteiger partial charge in [-0.05, 0) is 30.2 Å². The molecule has 13 heteroatoms. The summed E-state index contributed by atoms with van der Waals surface area (Å²) in [5.41, 5.74) is 0.560. The van der Waals surface area contributed by atoms with E-state index in [-0.39, 0.29) is 30.1 Å². The third-order valence-corrected chi connectivity index (χ3v) is 6.40. The van der Waals surface area contributed by atoms with E-state index in [0.717, 1.165) is 12.3 Å². The molecular weight excluding hydrogens is 520 g/mol. The van der Waals surface area contributed by atoms with Gasteiger partial charge in [-0.2, -0.15) is 0 Å². The minimum absolute atomic E-state index is 0.106. The molecule has 39 heavy (non-hydrogen) atoms. The van der Waals surface area contributed by atoms with Gasteiger partial charge in [0.05, 0.1) is 32.2 Å². The summed E-state index contributed by atoms with van der Waals surface area (Å²) in [4.78, 5) is 24.6. The molecule has 2 aliphatic heterocycles. The molecule has 1 aromatic carbocycles. The average Bonchev–Trinajstić information content (AvgIpc) is 2.93. The fourth-order valence-electron chi connectivity index (χ4n) is 4.23. The standard InChI is InChI=1S/C26H32O13/c1-3-14-15(8-9-36-20(30)7-5-13-4-6-17(28)18(29)10-13)16(24(34)35-2)12-37-25(14)39-26-23(33)22(32)21(31)19(11-27)38-26/h3-7,10,12,14-15,19,21-23,25-29,31-33H,1,8-9,11H2,2H3/t14-,15+,19-,21-,22+,23-,25-,26+/m1/s1. The highest BCUT2D eigenvalue weighted by molar-refractivity contribution is 5.89. The number of phenolic OH excluding ortho intramolecular Hbond substituents is 2. The molecule has 0 unspecified atom stereocenters. The van der Waals surface area contributed by atoms with Crippen LogP contribution in [0.4, 0.5) is 0 Å². The second-order valence-corrected chi connectivity index (χ2v) is 8.86. The van der Waals surface area contributed by atoms with Gasteiger partial charge < -0.3 is 54.3 Å². The minimum atomic E-state index is -1.68. The Balaban J connectivity index is 1.68. The van der Waals surface area contributed by atoms with Crippen molar-refractivity contribution >= 4 is 18.0 Å². The number of methoxy groups -OCH3 is 1. The number of carbonyl (C=O) groups excluding carboxylic acids is 2. The molecule has 13 nitrogen and oxygen atoms in total. The average molecular weight is 553 g/mol. The molecule has 0 amide bonds. The van der Waals surface area contributed by atoms with Crippen LogP contribution < -0.4 is 0 Å². The number of hydrogen-bond donors (Lipinski definition) is 6. The smallest absolute Gasteiger partial charge is 0.337 e. The summed E-state index contributed by atoms with van der Waals surface area (Å²) in [5.74, 6) is -3.47. The minimum Gasteiger partial charge on any atom is -0.504 e. The number of aromatic hydroxyl groups is 2. The first-order chi connectivity index (χ1) is 18.6. The molecule has 1 saturated heterocycles. The predicted octanol–water partition coefficient (Wildman–Crippen LogP) is -0.308. The highest BCUT2D eigenvalue weighted by atomic mass is 16.8. The Bertz CT molecular complexity index is 1080. The summed E-state index contributed by atoms with van der Waals surface area (Å²) in [5, 5.41) is 58.7. The Morgan fingerprint density at radius 3 is 2.46 bits per heavy atom. The topological polar surface area (TPSA) is 202 Å². The summed E-state index contributed by atoms with van der Waals surface area (Å²) in [6.45, 7) is 2.98. The summed E-state index contributed by atoms with van der Waals surface area (Å²) < 4.78 is 26.7. The lowest BCUT2D eigenvalue weighted by Gasteiger charge is -2.43. The Kier molecular flexibility index (Phi) is 10.5. The number of aliphatic hydroxyl groups is 4. The van der Waals surface area contributed by atoms with E-state index in [4.69, 9.17) is 23.7 Å². The number of ether oxygens (including phenoxy) is 5. The maximum Gasteiger partial charge on any atom is 0.337 e. The van der Waals surface area contributed by atoms with Crippen LogP contribution in [0.2, 0.25) is 0 Å². The summed E-state index contributed by atoms with van der Waals surface area (Å²) in [6.07, 6.45) is -3.62. The lowest BCUT2D eigenvalue weighted by molar-refractivity contribution is -0.339. The molecule has 1 fully saturated rings. The summed E-state index contributed by atoms with van der Waals surface area (Å²) >= 11 is 0. The van der Waals surface area contributed by atoms with Crippen LogP contribution in [0.1, 0.15) is 12.0 Å². The zero-order valence-electron chi connectivity index (χ0n) is 21.0. The zero-order valence-corrected chi connectivity index (χ0v) is 21.0. The fraction of sp³-hybridized carbons (Fsp3) is 0.462. The van der Waals surface area contributed by atoms with Crippen molar-refractivity contribution in [3.63, 3.8) is 0 Å². The van der Waals surface area contributed by atoms with Crippen LogP contribution in [-0.4, -0.2) is 99.9 Å². The highest BCUT2D eigenvalue weighted by Crippen LogP contribution is 2.37. The number of benzene rings is 1. The molecule has 0 aromatic heterocycles. The van der Waals surface area contributed by atoms with Crippen molar-refractivity contribution in [2.45, 2.75) is 43.4 Å². The van der Waals surface area contributed by atoms with Gasteiger partial charge in [0.15, 0.2) is 17.8 Å². The Hall–Kier alpha value is -3.46. The molecule has 8 atom stereocenters. The largest absolute Gasteiger partial charge is 0.504 e. The van der Waals surface area contributed by atoms with Gasteiger partial charge in [0.1, 0.15) is 24.4 Å². The van der Waals surface area contributed by atoms with Gasteiger partial charge in [-0.25, -0.2) is 9.59 Å². The highest BCUT2D eigenvalue weighted by Gasteiger charge is 2.47. The lowest BCUT2D eigenvalue weighted by Crippen LogP contribution is -2.60. The van der Waals surface area contributed by atoms with Gasteiger partial charge in [-0.3, -0.25) is 0 Å². The molecule has 0 spiro atoms. The van der Waals surface area contributed by atoms with Crippen LogP contribution in [0.5, 0.6) is 11.5 Å². The molecule has 0 radical (unpaired) electrons. The SMILES string of the molecule is C=C[C@H]1[C@@H](O[C@@H]2O[C@H](CO)[C@@H](O)[C@H](O)[C@H]2O)OC=C(C(=O)OC)[C@H]1CCOC(=O)C=Cc1ccc(O)c(O)c1. The molecule has 2 aliphatic rings. The van der Waals surface area contributed by atoms with E-state index >= 15 is 0 Å². The normalized spacial score (nSPS) is 30.7. The van der Waals surface area contributed by atoms with Crippen LogP contribution in [0.3, 0.4) is 0 Å². The monoisotopic (exact) mass is 552 g/mol. The van der Waals surface area contributed by atoms with E-state index in [2.05, 4.69) is 6.58 Å². The zero-order chi connectivity index (χ0) is 28.7. The van der Waals surface area contributed by atoms with Gasteiger partial charge in [0.25, 0.3) is 0 Å². The second-order valence-electron chi connectivity index (χ2n) is 8.86. The van der Waals surface area contributed by atoms with Crippen LogP contribution in [0.25, 0.3) is 6.08 Å². The molecule has 2 heterocycles. The Morgan fingerprint density at radius 1 is 1.08 bits per heavy atom. The number of carbonyl (C=O) groups is 2. The van der Waals surface area contributed by atoms with E-state index < -0.39 is 67.4 Å². The Labute approximate surface area is 223 Å². The molecule has 0 bridgehead atoms. The maximum absolute atomic E-state index is 12.4. The van der Waals surface area contributed by atoms with Crippen molar-refractivity contribution in [1.29, 1.82) is 0 Å². The van der Waals surface area contributed by atoms with Crippen LogP contribution >= 0.6 is 0 Å². The van der Waals surface area contributed by atoms with Gasteiger partial charge >= 0.3 is 11.9 Å². The second kappa shape index (κ2) is 13.6. The number of hydrogen-bond acceptors (Lipinski definition) is 13. The van der Waals surface area contributed by atoms with Crippen LogP contribution in [0, 0.1) is 11.8 Å². The van der Waals surface area contributed by atoms with Gasteiger partial charge in [0, 0.05) is 17.9 Å². The number of aliphatic hydroxyl groups excluding tert-OH is 4. The van der Waals surface area contributed by atoms with E-state index in [0.29, 0.717) is 5.56 Å². The van der Waals surface area contributed by atoms with Crippen molar-refractivity contribution in [1.82, 2.24) is 0 Å². The quantitative estimate of drug-likeness (QED) is 0.0956. The fourth-order valence-corrected chi connectivity index (χ4v) is 4.23. The number of rotatable bonds is 10. The molecular formula is C26H32O13. The van der Waals surface area contributed by atoms with E-state index in [1.807, 2.05) is 0 Å². The predicted molar refractivity (Wildman–Crippen MR) is 131 cm³/mol. The van der Waals surface area contributed by atoms with Crippen molar-refractivity contribution in [3.05, 3.63) is 54.3 Å². The first kappa shape index (κ1) is 30.1. The first-order valence-electron chi connectivity index (χ1n) is 12.0. The molecule has 0 saturated carbocycles. The van der Waals surface area contributed by atoms with E-state index in [9.17, 15) is 40.2 Å². The molecule has 214 valence electrons. The van der Waals surface area contributed by atoms with Gasteiger partial charge in [0.2, 0.25) is 6.29 Å². The number of esters is 2. The molecule has 3 rings (SSSR count). The van der Waals surface area contributed by atoms with Gasteiger partial charge in [-0.15, -0.1) is 6.58 Å². The lowest BCUT2D eigenvalue weighted by atomic mass is 9.82. The number of phenols is 2. The van der Waals surface area contributed by atoms with Crippen molar-refractivity contribution in [2.24, 2.45) is 11.8 Å². The third-order valence-electron chi connectivity index (χ3n) is 6.40.